The summed E-state index contributed by atoms with van der Waals surface area (Å²) in [5.74, 6) is 3.37. The number of rotatable bonds is 9. The molecule has 0 atom stereocenters. The zero-order valence-corrected chi connectivity index (χ0v) is 17.4. The van der Waals surface area contributed by atoms with E-state index < -0.39 is 0 Å². The molecule has 0 spiro atoms. The van der Waals surface area contributed by atoms with Gasteiger partial charge in [-0.1, -0.05) is 56.7 Å². The summed E-state index contributed by atoms with van der Waals surface area (Å²) in [6.45, 7) is 0. The molecule has 0 amide bonds. The van der Waals surface area contributed by atoms with Crippen molar-refractivity contribution in [2.45, 2.75) is 95.8 Å². The molecular formula is C26H38F2. The second-order valence-corrected chi connectivity index (χ2v) is 9.30. The SMILES string of the molecule is F/C=C/CCCCCC[C@H]1CC[C@H](C2CCC(c3ccc(F)cc3)CC2)CC1. The Morgan fingerprint density at radius 2 is 1.36 bits per heavy atom. The molecule has 28 heavy (non-hydrogen) atoms. The van der Waals surface area contributed by atoms with Crippen LogP contribution in [0.4, 0.5) is 8.78 Å². The van der Waals surface area contributed by atoms with Crippen LogP contribution in [0.15, 0.2) is 36.7 Å². The van der Waals surface area contributed by atoms with Gasteiger partial charge in [0.15, 0.2) is 0 Å². The van der Waals surface area contributed by atoms with E-state index in [1.54, 1.807) is 18.2 Å². The number of hydrogen-bond donors (Lipinski definition) is 0. The van der Waals surface area contributed by atoms with E-state index in [1.165, 1.54) is 82.6 Å². The van der Waals surface area contributed by atoms with Crippen LogP contribution in [-0.2, 0) is 0 Å². The van der Waals surface area contributed by atoms with Gasteiger partial charge in [-0.3, -0.25) is 0 Å². The van der Waals surface area contributed by atoms with Crippen molar-refractivity contribution < 1.29 is 8.78 Å². The van der Waals surface area contributed by atoms with Crippen molar-refractivity contribution in [1.82, 2.24) is 0 Å². The van der Waals surface area contributed by atoms with Crippen molar-refractivity contribution >= 4 is 0 Å². The monoisotopic (exact) mass is 388 g/mol. The van der Waals surface area contributed by atoms with E-state index >= 15 is 0 Å². The van der Waals surface area contributed by atoms with Crippen molar-refractivity contribution in [1.29, 1.82) is 0 Å². The van der Waals surface area contributed by atoms with Gasteiger partial charge in [-0.2, -0.15) is 0 Å². The van der Waals surface area contributed by atoms with Crippen LogP contribution in [0.2, 0.25) is 0 Å². The fourth-order valence-corrected chi connectivity index (χ4v) is 5.72. The molecule has 2 fully saturated rings. The first-order valence-corrected chi connectivity index (χ1v) is 11.8. The Kier molecular flexibility index (Phi) is 9.02. The average Bonchev–Trinajstić information content (AvgIpc) is 2.74. The standard InChI is InChI=1S/C26H38F2/c27-20-6-4-2-1-3-5-7-21-8-10-22(11-9-21)23-12-14-24(15-13-23)25-16-18-26(28)19-17-25/h6,16-24H,1-5,7-15H2/b20-6+/t21-,22-,23?,24?. The Bertz CT molecular complexity index is 561. The minimum Gasteiger partial charge on any atom is -0.216 e. The van der Waals surface area contributed by atoms with Gasteiger partial charge >= 0.3 is 0 Å². The van der Waals surface area contributed by atoms with E-state index in [2.05, 4.69) is 0 Å². The quantitative estimate of drug-likeness (QED) is 0.371. The van der Waals surface area contributed by atoms with Gasteiger partial charge in [0.2, 0.25) is 0 Å². The van der Waals surface area contributed by atoms with Crippen LogP contribution in [-0.4, -0.2) is 0 Å². The lowest BCUT2D eigenvalue weighted by Crippen LogP contribution is -2.25. The fraction of sp³-hybridized carbons (Fsp3) is 0.692. The minimum absolute atomic E-state index is 0.122. The molecule has 2 aliphatic carbocycles. The molecule has 1 aromatic carbocycles. The molecule has 0 nitrogen and oxygen atoms in total. The molecule has 0 aliphatic heterocycles. The van der Waals surface area contributed by atoms with Gasteiger partial charge in [0.25, 0.3) is 0 Å². The molecule has 0 aromatic heterocycles. The van der Waals surface area contributed by atoms with E-state index in [0.29, 0.717) is 12.2 Å². The van der Waals surface area contributed by atoms with Crippen LogP contribution in [0.5, 0.6) is 0 Å². The Balaban J connectivity index is 1.29. The van der Waals surface area contributed by atoms with Gasteiger partial charge in [0.1, 0.15) is 5.82 Å². The van der Waals surface area contributed by atoms with Crippen molar-refractivity contribution in [3.8, 4) is 0 Å². The molecule has 1 aromatic rings. The minimum atomic E-state index is -0.122. The second kappa shape index (κ2) is 11.7. The van der Waals surface area contributed by atoms with Crippen molar-refractivity contribution in [2.75, 3.05) is 0 Å². The molecule has 0 unspecified atom stereocenters. The first-order valence-electron chi connectivity index (χ1n) is 11.8. The van der Waals surface area contributed by atoms with Gasteiger partial charge in [-0.25, -0.2) is 8.78 Å². The van der Waals surface area contributed by atoms with Gasteiger partial charge in [-0.15, -0.1) is 0 Å². The Labute approximate surface area is 170 Å². The van der Waals surface area contributed by atoms with Crippen molar-refractivity contribution in [3.05, 3.63) is 48.1 Å². The molecule has 2 aliphatic rings. The maximum atomic E-state index is 13.1. The first kappa shape index (κ1) is 21.5. The molecule has 3 rings (SSSR count). The number of unbranched alkanes of at least 4 members (excludes halogenated alkanes) is 4. The van der Waals surface area contributed by atoms with E-state index in [1.807, 2.05) is 12.1 Å². The summed E-state index contributed by atoms with van der Waals surface area (Å²) in [5, 5.41) is 0. The van der Waals surface area contributed by atoms with Gasteiger partial charge in [0.05, 0.1) is 6.33 Å². The van der Waals surface area contributed by atoms with Gasteiger partial charge < -0.3 is 0 Å². The van der Waals surface area contributed by atoms with Gasteiger partial charge in [-0.05, 0) is 92.7 Å². The Hall–Kier alpha value is -1.18. The summed E-state index contributed by atoms with van der Waals surface area (Å²) in [7, 11) is 0. The largest absolute Gasteiger partial charge is 0.216 e. The summed E-state index contributed by atoms with van der Waals surface area (Å²) >= 11 is 0. The molecule has 0 saturated heterocycles. The van der Waals surface area contributed by atoms with Crippen LogP contribution in [0.3, 0.4) is 0 Å². The maximum Gasteiger partial charge on any atom is 0.123 e. The van der Waals surface area contributed by atoms with Crippen LogP contribution >= 0.6 is 0 Å². The van der Waals surface area contributed by atoms with Crippen LogP contribution in [0.25, 0.3) is 0 Å². The summed E-state index contributed by atoms with van der Waals surface area (Å²) < 4.78 is 25.0. The summed E-state index contributed by atoms with van der Waals surface area (Å²) in [6, 6.07) is 7.21. The maximum absolute atomic E-state index is 13.1. The molecular weight excluding hydrogens is 350 g/mol. The molecule has 0 N–H and O–H groups in total. The summed E-state index contributed by atoms with van der Waals surface area (Å²) in [6.07, 6.45) is 20.7. The number of halogens is 2. The topological polar surface area (TPSA) is 0 Å². The third kappa shape index (κ3) is 6.71. The first-order chi connectivity index (χ1) is 13.8. The second-order valence-electron chi connectivity index (χ2n) is 9.30. The summed E-state index contributed by atoms with van der Waals surface area (Å²) in [5.41, 5.74) is 1.34. The van der Waals surface area contributed by atoms with E-state index in [9.17, 15) is 8.78 Å². The van der Waals surface area contributed by atoms with Crippen molar-refractivity contribution in [2.24, 2.45) is 17.8 Å². The lowest BCUT2D eigenvalue weighted by atomic mass is 9.68. The van der Waals surface area contributed by atoms with E-state index in [0.717, 1.165) is 30.6 Å². The Morgan fingerprint density at radius 1 is 0.750 bits per heavy atom. The van der Waals surface area contributed by atoms with Crippen molar-refractivity contribution in [3.63, 3.8) is 0 Å². The lowest BCUT2D eigenvalue weighted by Gasteiger charge is -2.38. The number of benzene rings is 1. The molecule has 156 valence electrons. The highest BCUT2D eigenvalue weighted by atomic mass is 19.1. The highest BCUT2D eigenvalue weighted by molar-refractivity contribution is 5.21. The number of hydrogen-bond acceptors (Lipinski definition) is 0. The van der Waals surface area contributed by atoms with Gasteiger partial charge in [0, 0.05) is 0 Å². The fourth-order valence-electron chi connectivity index (χ4n) is 5.72. The summed E-state index contributed by atoms with van der Waals surface area (Å²) in [4.78, 5) is 0. The predicted molar refractivity (Wildman–Crippen MR) is 114 cm³/mol. The van der Waals surface area contributed by atoms with E-state index in [-0.39, 0.29) is 5.82 Å². The zero-order valence-electron chi connectivity index (χ0n) is 17.4. The van der Waals surface area contributed by atoms with E-state index in [4.69, 9.17) is 0 Å². The molecule has 0 heterocycles. The molecule has 0 bridgehead atoms. The molecule has 2 heteroatoms. The smallest absolute Gasteiger partial charge is 0.123 e. The van der Waals surface area contributed by atoms with Crippen LogP contribution < -0.4 is 0 Å². The third-order valence-electron chi connectivity index (χ3n) is 7.49. The normalized spacial score (nSPS) is 28.6. The molecule has 2 saturated carbocycles. The van der Waals surface area contributed by atoms with Crippen LogP contribution in [0, 0.1) is 23.6 Å². The third-order valence-corrected chi connectivity index (χ3v) is 7.49. The highest BCUT2D eigenvalue weighted by Gasteiger charge is 2.31. The highest BCUT2D eigenvalue weighted by Crippen LogP contribution is 2.44. The lowest BCUT2D eigenvalue weighted by molar-refractivity contribution is 0.155. The Morgan fingerprint density at radius 3 is 2.00 bits per heavy atom. The van der Waals surface area contributed by atoms with Crippen LogP contribution in [0.1, 0.15) is 101 Å². The predicted octanol–water partition coefficient (Wildman–Crippen LogP) is 8.73. The number of allylic oxidation sites excluding steroid dienone is 1. The zero-order chi connectivity index (χ0) is 19.6. The average molecular weight is 389 g/mol. The molecule has 0 radical (unpaired) electrons.